The molecule has 0 aliphatic heterocycles. The number of urea groups is 1. The average molecular weight is 430 g/mol. The second-order valence-electron chi connectivity index (χ2n) is 6.80. The van der Waals surface area contributed by atoms with E-state index in [4.69, 9.17) is 16.0 Å². The Morgan fingerprint density at radius 3 is 2.61 bits per heavy atom. The smallest absolute Gasteiger partial charge is 0.323 e. The van der Waals surface area contributed by atoms with Crippen LogP contribution in [0.4, 0.5) is 16.2 Å². The fraction of sp³-hybridized carbons (Fsp3) is 0. The third kappa shape index (κ3) is 3.99. The van der Waals surface area contributed by atoms with Gasteiger partial charge in [-0.2, -0.15) is 5.10 Å². The van der Waals surface area contributed by atoms with Crippen molar-refractivity contribution in [2.75, 3.05) is 10.6 Å². The number of fused-ring (bicyclic) bond motifs is 1. The van der Waals surface area contributed by atoms with Gasteiger partial charge in [0, 0.05) is 28.2 Å². The monoisotopic (exact) mass is 429 g/mol. The number of hydrogen-bond donors (Lipinski definition) is 3. The molecule has 0 saturated heterocycles. The molecule has 152 valence electrons. The summed E-state index contributed by atoms with van der Waals surface area (Å²) in [5.74, 6) is 0.432. The van der Waals surface area contributed by atoms with E-state index in [1.165, 1.54) is 0 Å². The topological polar surface area (TPSA) is 95.8 Å². The molecule has 0 saturated carbocycles. The highest BCUT2D eigenvalue weighted by atomic mass is 35.5. The number of H-pyrrole nitrogens is 1. The zero-order chi connectivity index (χ0) is 21.2. The predicted molar refractivity (Wildman–Crippen MR) is 121 cm³/mol. The van der Waals surface area contributed by atoms with Crippen molar-refractivity contribution < 1.29 is 9.21 Å². The van der Waals surface area contributed by atoms with E-state index in [-0.39, 0.29) is 6.03 Å². The van der Waals surface area contributed by atoms with Crippen molar-refractivity contribution in [3.05, 3.63) is 84.0 Å². The minimum absolute atomic E-state index is 0.332. The maximum absolute atomic E-state index is 12.3. The van der Waals surface area contributed by atoms with Crippen LogP contribution in [0, 0.1) is 0 Å². The third-order valence-electron chi connectivity index (χ3n) is 4.65. The molecular formula is C23H16ClN5O2. The van der Waals surface area contributed by atoms with E-state index >= 15 is 0 Å². The number of anilines is 2. The van der Waals surface area contributed by atoms with Gasteiger partial charge in [0.05, 0.1) is 5.56 Å². The van der Waals surface area contributed by atoms with E-state index in [9.17, 15) is 4.79 Å². The summed E-state index contributed by atoms with van der Waals surface area (Å²) < 4.78 is 5.88. The molecule has 5 aromatic rings. The van der Waals surface area contributed by atoms with Crippen LogP contribution >= 0.6 is 11.6 Å². The van der Waals surface area contributed by atoms with Crippen molar-refractivity contribution in [3.8, 4) is 22.7 Å². The molecule has 5 rings (SSSR count). The first kappa shape index (κ1) is 18.9. The maximum atomic E-state index is 12.3. The van der Waals surface area contributed by atoms with Crippen LogP contribution in [0.5, 0.6) is 0 Å². The van der Waals surface area contributed by atoms with Crippen LogP contribution in [-0.4, -0.2) is 21.2 Å². The molecule has 7 nitrogen and oxygen atoms in total. The summed E-state index contributed by atoms with van der Waals surface area (Å²) in [6.45, 7) is 0. The Morgan fingerprint density at radius 1 is 0.935 bits per heavy atom. The molecule has 0 aliphatic rings. The summed E-state index contributed by atoms with van der Waals surface area (Å²) in [4.78, 5) is 16.8. The molecule has 0 bridgehead atoms. The number of nitrogens with zero attached hydrogens (tertiary/aromatic N) is 2. The quantitative estimate of drug-likeness (QED) is 0.317. The fourth-order valence-corrected chi connectivity index (χ4v) is 3.41. The van der Waals surface area contributed by atoms with Crippen molar-refractivity contribution in [3.63, 3.8) is 0 Å². The molecule has 2 heterocycles. The van der Waals surface area contributed by atoms with Crippen molar-refractivity contribution >= 4 is 40.1 Å². The number of oxazole rings is 1. The lowest BCUT2D eigenvalue weighted by Crippen LogP contribution is -2.19. The van der Waals surface area contributed by atoms with Gasteiger partial charge in [-0.15, -0.1) is 0 Å². The lowest BCUT2D eigenvalue weighted by atomic mass is 10.1. The lowest BCUT2D eigenvalue weighted by Gasteiger charge is -2.09. The first-order valence-electron chi connectivity index (χ1n) is 9.49. The van der Waals surface area contributed by atoms with Crippen molar-refractivity contribution in [2.24, 2.45) is 0 Å². The zero-order valence-corrected chi connectivity index (χ0v) is 16.9. The SMILES string of the molecule is O=C(Nc1ccccc1)Nc1cccc(-c2n[nH]cc2-c2nc3cc(Cl)ccc3o2)c1. The number of carbonyl (C=O) groups is 1. The number of hydrogen-bond acceptors (Lipinski definition) is 4. The molecule has 3 aromatic carbocycles. The average Bonchev–Trinajstić information content (AvgIpc) is 3.41. The second-order valence-corrected chi connectivity index (χ2v) is 7.24. The number of nitrogens with one attached hydrogen (secondary N) is 3. The zero-order valence-electron chi connectivity index (χ0n) is 16.1. The summed E-state index contributed by atoms with van der Waals surface area (Å²) >= 11 is 6.05. The molecule has 0 unspecified atom stereocenters. The Labute approximate surface area is 182 Å². The Hall–Kier alpha value is -4.10. The van der Waals surface area contributed by atoms with Crippen LogP contribution in [0.2, 0.25) is 5.02 Å². The van der Waals surface area contributed by atoms with Gasteiger partial charge in [-0.1, -0.05) is 41.9 Å². The predicted octanol–water partition coefficient (Wildman–Crippen LogP) is 6.18. The van der Waals surface area contributed by atoms with Gasteiger partial charge in [0.2, 0.25) is 5.89 Å². The summed E-state index contributed by atoms with van der Waals surface area (Å²) in [5.41, 5.74) is 4.81. The van der Waals surface area contributed by atoms with Crippen LogP contribution in [0.3, 0.4) is 0 Å². The summed E-state index contributed by atoms with van der Waals surface area (Å²) in [6.07, 6.45) is 1.73. The molecule has 0 fully saturated rings. The Balaban J connectivity index is 1.41. The van der Waals surface area contributed by atoms with Crippen molar-refractivity contribution in [1.29, 1.82) is 0 Å². The number of halogens is 1. The van der Waals surface area contributed by atoms with Crippen LogP contribution in [0.15, 0.2) is 83.4 Å². The highest BCUT2D eigenvalue weighted by Crippen LogP contribution is 2.33. The Kier molecular flexibility index (Phi) is 4.86. The summed E-state index contributed by atoms with van der Waals surface area (Å²) in [6, 6.07) is 21.6. The maximum Gasteiger partial charge on any atom is 0.323 e. The molecule has 2 aromatic heterocycles. The molecular weight excluding hydrogens is 414 g/mol. The van der Waals surface area contributed by atoms with Crippen LogP contribution < -0.4 is 10.6 Å². The second kappa shape index (κ2) is 7.97. The highest BCUT2D eigenvalue weighted by molar-refractivity contribution is 6.31. The first-order valence-corrected chi connectivity index (χ1v) is 9.87. The van der Waals surface area contributed by atoms with E-state index in [0.29, 0.717) is 44.6 Å². The van der Waals surface area contributed by atoms with E-state index in [1.54, 1.807) is 24.4 Å². The van der Waals surface area contributed by atoms with Crippen LogP contribution in [-0.2, 0) is 0 Å². The standard InChI is InChI=1S/C23H16ClN5O2/c24-15-9-10-20-19(12-15)28-22(31-20)18-13-25-29-21(18)14-5-4-8-17(11-14)27-23(30)26-16-6-2-1-3-7-16/h1-13H,(H,25,29)(H2,26,27,30). The Morgan fingerprint density at radius 2 is 1.74 bits per heavy atom. The highest BCUT2D eigenvalue weighted by Gasteiger charge is 2.17. The van der Waals surface area contributed by atoms with Gasteiger partial charge in [0.15, 0.2) is 5.58 Å². The first-order chi connectivity index (χ1) is 15.2. The summed E-state index contributed by atoms with van der Waals surface area (Å²) in [7, 11) is 0. The number of carbonyl (C=O) groups excluding carboxylic acids is 1. The molecule has 31 heavy (non-hydrogen) atoms. The number of para-hydroxylation sites is 1. The number of rotatable bonds is 4. The fourth-order valence-electron chi connectivity index (χ4n) is 3.25. The molecule has 0 aliphatic carbocycles. The third-order valence-corrected chi connectivity index (χ3v) is 4.88. The van der Waals surface area contributed by atoms with E-state index in [1.807, 2.05) is 54.6 Å². The molecule has 0 spiro atoms. The number of aromatic amines is 1. The van der Waals surface area contributed by atoms with Gasteiger partial charge in [0.1, 0.15) is 11.2 Å². The minimum Gasteiger partial charge on any atom is -0.436 e. The van der Waals surface area contributed by atoms with E-state index < -0.39 is 0 Å². The number of amides is 2. The van der Waals surface area contributed by atoms with Gasteiger partial charge >= 0.3 is 6.03 Å². The van der Waals surface area contributed by atoms with Gasteiger partial charge < -0.3 is 15.1 Å². The molecule has 2 amide bonds. The minimum atomic E-state index is -0.332. The van der Waals surface area contributed by atoms with Gasteiger partial charge in [-0.05, 0) is 42.5 Å². The van der Waals surface area contributed by atoms with Gasteiger partial charge in [-0.3, -0.25) is 5.10 Å². The molecule has 8 heteroatoms. The van der Waals surface area contributed by atoms with Gasteiger partial charge in [-0.25, -0.2) is 9.78 Å². The number of aromatic nitrogens is 3. The largest absolute Gasteiger partial charge is 0.436 e. The van der Waals surface area contributed by atoms with E-state index in [2.05, 4.69) is 25.8 Å². The Bertz CT molecular complexity index is 1380. The molecule has 0 radical (unpaired) electrons. The lowest BCUT2D eigenvalue weighted by molar-refractivity contribution is 0.262. The van der Waals surface area contributed by atoms with E-state index in [0.717, 1.165) is 5.56 Å². The molecule has 3 N–H and O–H groups in total. The number of benzene rings is 3. The van der Waals surface area contributed by atoms with Crippen molar-refractivity contribution in [1.82, 2.24) is 15.2 Å². The van der Waals surface area contributed by atoms with Gasteiger partial charge in [0.25, 0.3) is 0 Å². The normalized spacial score (nSPS) is 10.9. The van der Waals surface area contributed by atoms with Crippen LogP contribution in [0.1, 0.15) is 0 Å². The van der Waals surface area contributed by atoms with Crippen LogP contribution in [0.25, 0.3) is 33.8 Å². The summed E-state index contributed by atoms with van der Waals surface area (Å²) in [5, 5.41) is 13.4. The van der Waals surface area contributed by atoms with Crippen molar-refractivity contribution in [2.45, 2.75) is 0 Å². The molecule has 0 atom stereocenters.